The summed E-state index contributed by atoms with van der Waals surface area (Å²) in [6, 6.07) is 6.21. The normalized spacial score (nSPS) is 16.2. The van der Waals surface area contributed by atoms with Crippen molar-refractivity contribution in [3.8, 4) is 5.75 Å². The monoisotopic (exact) mass is 473 g/mol. The van der Waals surface area contributed by atoms with Crippen LogP contribution in [0, 0.1) is 12.8 Å². The van der Waals surface area contributed by atoms with Gasteiger partial charge in [-0.2, -0.15) is 18.3 Å². The van der Waals surface area contributed by atoms with Crippen LogP contribution in [0.1, 0.15) is 24.2 Å². The summed E-state index contributed by atoms with van der Waals surface area (Å²) in [6.45, 7) is 2.96. The van der Waals surface area contributed by atoms with Gasteiger partial charge < -0.3 is 20.7 Å². The molecule has 176 valence electrons. The number of benzene rings is 1. The molecule has 7 nitrogen and oxygen atoms in total. The molecule has 3 N–H and O–H groups in total. The molecule has 3 rings (SSSR count). The second-order valence-electron chi connectivity index (χ2n) is 7.87. The number of ether oxygens (including phenoxy) is 1. The zero-order valence-corrected chi connectivity index (χ0v) is 18.7. The van der Waals surface area contributed by atoms with Crippen LogP contribution in [0.5, 0.6) is 5.75 Å². The predicted molar refractivity (Wildman–Crippen MR) is 116 cm³/mol. The summed E-state index contributed by atoms with van der Waals surface area (Å²) >= 11 is 6.11. The zero-order valence-electron chi connectivity index (χ0n) is 18.0. The molecule has 1 saturated heterocycles. The van der Waals surface area contributed by atoms with E-state index in [9.17, 15) is 18.0 Å². The molecule has 1 aliphatic rings. The fourth-order valence-electron chi connectivity index (χ4n) is 4.00. The summed E-state index contributed by atoms with van der Waals surface area (Å²) in [4.78, 5) is 14.2. The lowest BCUT2D eigenvalue weighted by Crippen LogP contribution is -2.49. The van der Waals surface area contributed by atoms with Gasteiger partial charge in [-0.3, -0.25) is 9.48 Å². The molecule has 1 aliphatic heterocycles. The van der Waals surface area contributed by atoms with E-state index < -0.39 is 11.9 Å². The van der Waals surface area contributed by atoms with Gasteiger partial charge in [-0.05, 0) is 43.9 Å². The number of carbonyl (C=O) groups is 1. The second kappa shape index (κ2) is 9.99. The lowest BCUT2D eigenvalue weighted by Gasteiger charge is -2.37. The molecule has 1 aromatic carbocycles. The van der Waals surface area contributed by atoms with E-state index >= 15 is 0 Å². The van der Waals surface area contributed by atoms with Crippen LogP contribution in [0.4, 0.5) is 18.9 Å². The van der Waals surface area contributed by atoms with Gasteiger partial charge in [0.05, 0.1) is 31.3 Å². The first-order valence-electron chi connectivity index (χ1n) is 10.3. The van der Waals surface area contributed by atoms with E-state index in [4.69, 9.17) is 22.1 Å². The van der Waals surface area contributed by atoms with Crippen LogP contribution < -0.4 is 20.7 Å². The molecular formula is C21H27ClF3N5O2. The third kappa shape index (κ3) is 5.66. The van der Waals surface area contributed by atoms with Crippen LogP contribution in [0.15, 0.2) is 24.3 Å². The third-order valence-electron chi connectivity index (χ3n) is 5.78. The van der Waals surface area contributed by atoms with E-state index in [1.165, 1.54) is 4.68 Å². The quantitative estimate of drug-likeness (QED) is 0.645. The Bertz CT molecular complexity index is 942. The number of nitrogens with one attached hydrogen (secondary N) is 1. The number of aromatic nitrogens is 2. The van der Waals surface area contributed by atoms with Gasteiger partial charge in [0.25, 0.3) is 0 Å². The maximum Gasteiger partial charge on any atom is 0.435 e. The van der Waals surface area contributed by atoms with Crippen LogP contribution in [-0.2, 0) is 17.5 Å². The number of hydrogen-bond donors (Lipinski definition) is 2. The molecule has 0 aliphatic carbocycles. The number of aryl methyl sites for hydroxylation is 1. The van der Waals surface area contributed by atoms with Crippen molar-refractivity contribution in [3.05, 3.63) is 40.7 Å². The fourth-order valence-corrected chi connectivity index (χ4v) is 4.20. The summed E-state index contributed by atoms with van der Waals surface area (Å²) in [7, 11) is 1.56. The molecule has 11 heteroatoms. The van der Waals surface area contributed by atoms with E-state index in [1.807, 2.05) is 12.1 Å². The third-order valence-corrected chi connectivity index (χ3v) is 6.09. The standard InChI is InChI=1S/C21H27ClF3N5O2/c1-13-9-19(21(23,24)25)28-30(13)12-17(27-20(31)11-26)14-5-7-29(8-6-14)15-3-4-16(22)18(10-15)32-2/h3-4,9-10,14,17H,5-8,11-12,26H2,1-2H3,(H,27,31). The van der Waals surface area contributed by atoms with Gasteiger partial charge in [-0.1, -0.05) is 11.6 Å². The molecule has 2 aromatic rings. The van der Waals surface area contributed by atoms with Crippen LogP contribution in [0.25, 0.3) is 0 Å². The first-order chi connectivity index (χ1) is 15.1. The van der Waals surface area contributed by atoms with Crippen LogP contribution in [-0.4, -0.2) is 48.5 Å². The highest BCUT2D eigenvalue weighted by Crippen LogP contribution is 2.33. The number of piperidine rings is 1. The maximum absolute atomic E-state index is 13.0. The van der Waals surface area contributed by atoms with E-state index in [0.717, 1.165) is 37.7 Å². The topological polar surface area (TPSA) is 85.4 Å². The lowest BCUT2D eigenvalue weighted by molar-refractivity contribution is -0.141. The SMILES string of the molecule is COc1cc(N2CCC(C(Cn3nc(C(F)(F)F)cc3C)NC(=O)CN)CC2)ccc1Cl. The van der Waals surface area contributed by atoms with E-state index in [0.29, 0.717) is 16.5 Å². The van der Waals surface area contributed by atoms with E-state index in [1.54, 1.807) is 20.1 Å². The van der Waals surface area contributed by atoms with Gasteiger partial charge in [0.1, 0.15) is 5.75 Å². The van der Waals surface area contributed by atoms with E-state index in [-0.39, 0.29) is 31.0 Å². The Hall–Kier alpha value is -2.46. The van der Waals surface area contributed by atoms with Crippen LogP contribution >= 0.6 is 11.6 Å². The van der Waals surface area contributed by atoms with Gasteiger partial charge >= 0.3 is 6.18 Å². The molecule has 1 amide bonds. The number of nitrogens with zero attached hydrogens (tertiary/aromatic N) is 3. The van der Waals surface area contributed by atoms with Crippen molar-refractivity contribution in [2.45, 2.75) is 38.5 Å². The molecule has 0 radical (unpaired) electrons. The highest BCUT2D eigenvalue weighted by molar-refractivity contribution is 6.32. The van der Waals surface area contributed by atoms with Crippen molar-refractivity contribution < 1.29 is 22.7 Å². The Morgan fingerprint density at radius 2 is 2.03 bits per heavy atom. The van der Waals surface area contributed by atoms with Crippen LogP contribution in [0.2, 0.25) is 5.02 Å². The van der Waals surface area contributed by atoms with E-state index in [2.05, 4.69) is 15.3 Å². The van der Waals surface area contributed by atoms with Crippen molar-refractivity contribution in [1.82, 2.24) is 15.1 Å². The number of methoxy groups -OCH3 is 1. The Morgan fingerprint density at radius 3 is 2.59 bits per heavy atom. The minimum atomic E-state index is -4.52. The van der Waals surface area contributed by atoms with Crippen LogP contribution in [0.3, 0.4) is 0 Å². The number of nitrogens with two attached hydrogens (primary N) is 1. The average Bonchev–Trinajstić information content (AvgIpc) is 3.14. The van der Waals surface area contributed by atoms with Gasteiger partial charge in [0, 0.05) is 30.5 Å². The number of rotatable bonds is 7. The van der Waals surface area contributed by atoms with Crippen molar-refractivity contribution in [1.29, 1.82) is 0 Å². The molecule has 0 saturated carbocycles. The number of carbonyl (C=O) groups excluding carboxylic acids is 1. The van der Waals surface area contributed by atoms with Gasteiger partial charge in [-0.15, -0.1) is 0 Å². The Morgan fingerprint density at radius 1 is 1.34 bits per heavy atom. The molecule has 1 fully saturated rings. The summed E-state index contributed by atoms with van der Waals surface area (Å²) in [5.41, 5.74) is 5.88. The summed E-state index contributed by atoms with van der Waals surface area (Å²) in [5, 5.41) is 7.12. The first-order valence-corrected chi connectivity index (χ1v) is 10.7. The molecule has 1 aromatic heterocycles. The molecule has 32 heavy (non-hydrogen) atoms. The highest BCUT2D eigenvalue weighted by Gasteiger charge is 2.35. The second-order valence-corrected chi connectivity index (χ2v) is 8.28. The molecular weight excluding hydrogens is 447 g/mol. The number of anilines is 1. The maximum atomic E-state index is 13.0. The average molecular weight is 474 g/mol. The zero-order chi connectivity index (χ0) is 23.5. The van der Waals surface area contributed by atoms with Gasteiger partial charge in [-0.25, -0.2) is 0 Å². The minimum absolute atomic E-state index is 0.0638. The van der Waals surface area contributed by atoms with Gasteiger partial charge in [0.2, 0.25) is 5.91 Å². The smallest absolute Gasteiger partial charge is 0.435 e. The predicted octanol–water partition coefficient (Wildman–Crippen LogP) is 3.23. The highest BCUT2D eigenvalue weighted by atomic mass is 35.5. The van der Waals surface area contributed by atoms with Crippen molar-refractivity contribution in [3.63, 3.8) is 0 Å². The van der Waals surface area contributed by atoms with Gasteiger partial charge in [0.15, 0.2) is 5.69 Å². The number of hydrogen-bond acceptors (Lipinski definition) is 5. The fraction of sp³-hybridized carbons (Fsp3) is 0.524. The summed E-state index contributed by atoms with van der Waals surface area (Å²) < 4.78 is 45.7. The number of halogens is 4. The molecule has 1 unspecified atom stereocenters. The molecule has 2 heterocycles. The van der Waals surface area contributed by atoms with Crippen molar-refractivity contribution >= 4 is 23.2 Å². The Balaban J connectivity index is 1.72. The Labute approximate surface area is 189 Å². The molecule has 0 spiro atoms. The minimum Gasteiger partial charge on any atom is -0.495 e. The molecule has 1 atom stereocenters. The lowest BCUT2D eigenvalue weighted by atomic mass is 9.88. The molecule has 0 bridgehead atoms. The van der Waals surface area contributed by atoms with Crippen molar-refractivity contribution in [2.75, 3.05) is 31.6 Å². The largest absolute Gasteiger partial charge is 0.495 e. The number of alkyl halides is 3. The number of amides is 1. The first kappa shape index (κ1) is 24.2. The van der Waals surface area contributed by atoms with Crippen molar-refractivity contribution in [2.24, 2.45) is 11.7 Å². The summed E-state index contributed by atoms with van der Waals surface area (Å²) in [5.74, 6) is 0.309. The Kier molecular flexibility index (Phi) is 7.55. The summed E-state index contributed by atoms with van der Waals surface area (Å²) in [6.07, 6.45) is -3.03.